The molecule has 1 aromatic rings. The molecule has 1 amide bonds. The van der Waals surface area contributed by atoms with E-state index in [-0.39, 0.29) is 12.5 Å². The molecule has 0 saturated carbocycles. The molecule has 1 aromatic carbocycles. The van der Waals surface area contributed by atoms with Crippen LogP contribution in [-0.4, -0.2) is 17.6 Å². The lowest BCUT2D eigenvalue weighted by atomic mass is 9.87. The van der Waals surface area contributed by atoms with E-state index in [1.165, 1.54) is 0 Å². The Kier molecular flexibility index (Phi) is 3.17. The molecule has 0 aliphatic carbocycles. The zero-order chi connectivity index (χ0) is 12.5. The molecular formula is C13H18N2O2. The third kappa shape index (κ3) is 2.48. The molecule has 1 aliphatic rings. The van der Waals surface area contributed by atoms with Crippen molar-refractivity contribution >= 4 is 11.6 Å². The van der Waals surface area contributed by atoms with E-state index in [1.807, 2.05) is 25.1 Å². The number of carbonyl (C=O) groups is 1. The summed E-state index contributed by atoms with van der Waals surface area (Å²) in [6, 6.07) is 5.84. The van der Waals surface area contributed by atoms with E-state index >= 15 is 0 Å². The third-order valence-electron chi connectivity index (χ3n) is 3.29. The van der Waals surface area contributed by atoms with Crippen LogP contribution in [0.25, 0.3) is 0 Å². The second kappa shape index (κ2) is 4.47. The Morgan fingerprint density at radius 1 is 1.47 bits per heavy atom. The van der Waals surface area contributed by atoms with E-state index < -0.39 is 5.54 Å². The van der Waals surface area contributed by atoms with E-state index in [9.17, 15) is 4.79 Å². The molecule has 1 atom stereocenters. The monoisotopic (exact) mass is 234 g/mol. The molecule has 1 heterocycles. The van der Waals surface area contributed by atoms with E-state index in [0.29, 0.717) is 12.8 Å². The van der Waals surface area contributed by atoms with E-state index in [4.69, 9.17) is 10.8 Å². The summed E-state index contributed by atoms with van der Waals surface area (Å²) in [6.45, 7) is 1.98. The van der Waals surface area contributed by atoms with Crippen LogP contribution in [0.4, 0.5) is 5.69 Å². The smallest absolute Gasteiger partial charge is 0.224 e. The summed E-state index contributed by atoms with van der Waals surface area (Å²) in [5.74, 6) is 0.0659. The maximum absolute atomic E-state index is 11.2. The number of aryl methyl sites for hydroxylation is 1. The van der Waals surface area contributed by atoms with Gasteiger partial charge < -0.3 is 16.2 Å². The second-order valence-corrected chi connectivity index (χ2v) is 4.81. The third-order valence-corrected chi connectivity index (χ3v) is 3.29. The molecule has 1 unspecified atom stereocenters. The fraction of sp³-hybridized carbons (Fsp3) is 0.462. The van der Waals surface area contributed by atoms with Crippen LogP contribution in [0, 0.1) is 0 Å². The number of hydrogen-bond acceptors (Lipinski definition) is 3. The molecule has 0 fully saturated rings. The molecule has 0 saturated heterocycles. The SMILES string of the molecule is CC(N)(CCO)c1ccc2c(c1)CCC(=O)N2. The van der Waals surface area contributed by atoms with Crippen LogP contribution in [0.2, 0.25) is 0 Å². The van der Waals surface area contributed by atoms with Crippen LogP contribution < -0.4 is 11.1 Å². The maximum Gasteiger partial charge on any atom is 0.224 e. The second-order valence-electron chi connectivity index (χ2n) is 4.81. The number of fused-ring (bicyclic) bond motifs is 1. The van der Waals surface area contributed by atoms with Crippen molar-refractivity contribution in [3.63, 3.8) is 0 Å². The quantitative estimate of drug-likeness (QED) is 0.733. The predicted molar refractivity (Wildman–Crippen MR) is 66.6 cm³/mol. The molecular weight excluding hydrogens is 216 g/mol. The fourth-order valence-electron chi connectivity index (χ4n) is 2.12. The van der Waals surface area contributed by atoms with Crippen molar-refractivity contribution < 1.29 is 9.90 Å². The van der Waals surface area contributed by atoms with Crippen molar-refractivity contribution in [2.45, 2.75) is 31.7 Å². The van der Waals surface area contributed by atoms with Crippen LogP contribution in [-0.2, 0) is 16.8 Å². The van der Waals surface area contributed by atoms with Crippen molar-refractivity contribution in [2.24, 2.45) is 5.73 Å². The summed E-state index contributed by atoms with van der Waals surface area (Å²) in [6.07, 6.45) is 1.81. The largest absolute Gasteiger partial charge is 0.396 e. The number of amides is 1. The van der Waals surface area contributed by atoms with E-state index in [1.54, 1.807) is 0 Å². The van der Waals surface area contributed by atoms with Crippen LogP contribution in [0.5, 0.6) is 0 Å². The van der Waals surface area contributed by atoms with Crippen molar-refractivity contribution in [3.05, 3.63) is 29.3 Å². The number of aliphatic hydroxyl groups excluding tert-OH is 1. The van der Waals surface area contributed by atoms with Gasteiger partial charge in [-0.05, 0) is 37.0 Å². The molecule has 0 aromatic heterocycles. The van der Waals surface area contributed by atoms with Crippen molar-refractivity contribution in [1.29, 1.82) is 0 Å². The number of nitrogens with one attached hydrogen (secondary N) is 1. The lowest BCUT2D eigenvalue weighted by Gasteiger charge is -2.26. The first-order chi connectivity index (χ1) is 8.03. The first-order valence-corrected chi connectivity index (χ1v) is 5.86. The molecule has 1 aliphatic heterocycles. The van der Waals surface area contributed by atoms with Gasteiger partial charge in [0.05, 0.1) is 0 Å². The highest BCUT2D eigenvalue weighted by molar-refractivity contribution is 5.93. The van der Waals surface area contributed by atoms with Crippen molar-refractivity contribution in [2.75, 3.05) is 11.9 Å². The lowest BCUT2D eigenvalue weighted by molar-refractivity contribution is -0.116. The fourth-order valence-corrected chi connectivity index (χ4v) is 2.12. The van der Waals surface area contributed by atoms with Gasteiger partial charge in [-0.15, -0.1) is 0 Å². The zero-order valence-electron chi connectivity index (χ0n) is 9.99. The summed E-state index contributed by atoms with van der Waals surface area (Å²) < 4.78 is 0. The lowest BCUT2D eigenvalue weighted by Crippen LogP contribution is -2.34. The minimum Gasteiger partial charge on any atom is -0.396 e. The van der Waals surface area contributed by atoms with Crippen LogP contribution >= 0.6 is 0 Å². The summed E-state index contributed by atoms with van der Waals surface area (Å²) >= 11 is 0. The highest BCUT2D eigenvalue weighted by Crippen LogP contribution is 2.29. The topological polar surface area (TPSA) is 75.3 Å². The number of anilines is 1. The number of benzene rings is 1. The molecule has 2 rings (SSSR count). The van der Waals surface area contributed by atoms with Gasteiger partial charge in [0.25, 0.3) is 0 Å². The zero-order valence-corrected chi connectivity index (χ0v) is 9.99. The molecule has 0 bridgehead atoms. The van der Waals surface area contributed by atoms with Gasteiger partial charge in [-0.2, -0.15) is 0 Å². The van der Waals surface area contributed by atoms with Gasteiger partial charge in [0, 0.05) is 24.3 Å². The Morgan fingerprint density at radius 3 is 2.94 bits per heavy atom. The van der Waals surface area contributed by atoms with Gasteiger partial charge in [0.1, 0.15) is 0 Å². The predicted octanol–water partition coefficient (Wildman–Crippen LogP) is 1.13. The number of rotatable bonds is 3. The van der Waals surface area contributed by atoms with Crippen LogP contribution in [0.15, 0.2) is 18.2 Å². The Hall–Kier alpha value is -1.39. The van der Waals surface area contributed by atoms with E-state index in [0.717, 1.165) is 23.2 Å². The van der Waals surface area contributed by atoms with Crippen molar-refractivity contribution in [1.82, 2.24) is 0 Å². The number of hydrogen-bond donors (Lipinski definition) is 3. The first-order valence-electron chi connectivity index (χ1n) is 5.86. The Labute approximate surface area is 101 Å². The Morgan fingerprint density at radius 2 is 2.24 bits per heavy atom. The van der Waals surface area contributed by atoms with Gasteiger partial charge in [-0.3, -0.25) is 4.79 Å². The molecule has 4 heteroatoms. The minimum absolute atomic E-state index is 0.0659. The minimum atomic E-state index is -0.523. The average molecular weight is 234 g/mol. The standard InChI is InChI=1S/C13H18N2O2/c1-13(14,6-7-16)10-3-4-11-9(8-10)2-5-12(17)15-11/h3-4,8,16H,2,5-7,14H2,1H3,(H,15,17). The highest BCUT2D eigenvalue weighted by Gasteiger charge is 2.23. The number of nitrogens with two attached hydrogens (primary N) is 1. The summed E-state index contributed by atoms with van der Waals surface area (Å²) in [5, 5.41) is 11.8. The molecule has 92 valence electrons. The molecule has 4 nitrogen and oxygen atoms in total. The first kappa shape index (κ1) is 12.1. The van der Waals surface area contributed by atoms with Gasteiger partial charge in [0.15, 0.2) is 0 Å². The molecule has 4 N–H and O–H groups in total. The molecule has 17 heavy (non-hydrogen) atoms. The summed E-state index contributed by atoms with van der Waals surface area (Å²) in [5.41, 5.74) is 8.64. The van der Waals surface area contributed by atoms with Crippen LogP contribution in [0.3, 0.4) is 0 Å². The van der Waals surface area contributed by atoms with Gasteiger partial charge >= 0.3 is 0 Å². The van der Waals surface area contributed by atoms with Crippen molar-refractivity contribution in [3.8, 4) is 0 Å². The average Bonchev–Trinajstić information content (AvgIpc) is 2.28. The summed E-state index contributed by atoms with van der Waals surface area (Å²) in [7, 11) is 0. The van der Waals surface area contributed by atoms with E-state index in [2.05, 4.69) is 5.32 Å². The Bertz CT molecular complexity index is 441. The number of carbonyl (C=O) groups excluding carboxylic acids is 1. The summed E-state index contributed by atoms with van der Waals surface area (Å²) in [4.78, 5) is 11.2. The van der Waals surface area contributed by atoms with Gasteiger partial charge in [-0.1, -0.05) is 12.1 Å². The van der Waals surface area contributed by atoms with Gasteiger partial charge in [0.2, 0.25) is 5.91 Å². The molecule has 0 spiro atoms. The van der Waals surface area contributed by atoms with Gasteiger partial charge in [-0.25, -0.2) is 0 Å². The highest BCUT2D eigenvalue weighted by atomic mass is 16.3. The Balaban J connectivity index is 2.30. The number of aliphatic hydroxyl groups is 1. The maximum atomic E-state index is 11.2. The normalized spacial score (nSPS) is 18.2. The molecule has 0 radical (unpaired) electrons. The van der Waals surface area contributed by atoms with Crippen LogP contribution in [0.1, 0.15) is 30.9 Å².